The molecule has 0 saturated heterocycles. The van der Waals surface area contributed by atoms with E-state index in [1.165, 1.54) is 4.57 Å². The maximum Gasteiger partial charge on any atom is 0.343 e. The van der Waals surface area contributed by atoms with Crippen molar-refractivity contribution in [2.75, 3.05) is 13.2 Å². The highest BCUT2D eigenvalue weighted by atomic mass is 16.6. The number of pyridine rings is 2. The van der Waals surface area contributed by atoms with Gasteiger partial charge in [0.15, 0.2) is 11.8 Å². The summed E-state index contributed by atoms with van der Waals surface area (Å²) >= 11 is 0. The number of nitrogens with zero attached hydrogens (tertiary/aromatic N) is 2. The maximum absolute atomic E-state index is 13.4. The summed E-state index contributed by atoms with van der Waals surface area (Å²) in [5.41, 5.74) is 0.627. The fourth-order valence-electron chi connectivity index (χ4n) is 4.28. The fourth-order valence-corrected chi connectivity index (χ4v) is 4.28. The zero-order chi connectivity index (χ0) is 21.0. The molecule has 0 fully saturated rings. The third-order valence-electron chi connectivity index (χ3n) is 5.85. The van der Waals surface area contributed by atoms with E-state index in [1.807, 2.05) is 30.3 Å². The Labute approximate surface area is 172 Å². The zero-order valence-corrected chi connectivity index (χ0v) is 16.3. The van der Waals surface area contributed by atoms with E-state index in [-0.39, 0.29) is 38.8 Å². The van der Waals surface area contributed by atoms with Crippen molar-refractivity contribution in [1.29, 1.82) is 0 Å². The van der Waals surface area contributed by atoms with Crippen LogP contribution in [-0.4, -0.2) is 38.9 Å². The van der Waals surface area contributed by atoms with E-state index in [0.29, 0.717) is 17.0 Å². The number of cyclic esters (lactones) is 1. The summed E-state index contributed by atoms with van der Waals surface area (Å²) in [6.45, 7) is 1.28. The molecule has 8 nitrogen and oxygen atoms in total. The van der Waals surface area contributed by atoms with Crippen LogP contribution in [0.1, 0.15) is 37.7 Å². The van der Waals surface area contributed by atoms with Gasteiger partial charge in [0.25, 0.3) is 5.56 Å². The Morgan fingerprint density at radius 1 is 1.33 bits per heavy atom. The van der Waals surface area contributed by atoms with Crippen LogP contribution in [0.4, 0.5) is 0 Å². The number of hydrogen-bond donors (Lipinski definition) is 2. The fraction of sp³-hybridized carbons (Fsp3) is 0.318. The highest BCUT2D eigenvalue weighted by Crippen LogP contribution is 2.42. The molecule has 8 heteroatoms. The molecule has 1 unspecified atom stereocenters. The quantitative estimate of drug-likeness (QED) is 0.631. The molecule has 3 aromatic rings. The number of fused-ring (bicyclic) bond motifs is 5. The second-order valence-corrected chi connectivity index (χ2v) is 7.45. The van der Waals surface area contributed by atoms with E-state index in [2.05, 4.69) is 0 Å². The van der Waals surface area contributed by atoms with E-state index in [4.69, 9.17) is 14.5 Å². The van der Waals surface area contributed by atoms with Gasteiger partial charge in [-0.1, -0.05) is 25.1 Å². The van der Waals surface area contributed by atoms with Gasteiger partial charge in [-0.2, -0.15) is 0 Å². The van der Waals surface area contributed by atoms with Crippen LogP contribution in [0, 0.1) is 0 Å². The van der Waals surface area contributed by atoms with Crippen molar-refractivity contribution in [3.63, 3.8) is 0 Å². The van der Waals surface area contributed by atoms with Gasteiger partial charge in [0.1, 0.15) is 6.61 Å². The number of benzene rings is 1. The van der Waals surface area contributed by atoms with Crippen LogP contribution >= 0.6 is 0 Å². The van der Waals surface area contributed by atoms with E-state index in [0.717, 1.165) is 10.9 Å². The van der Waals surface area contributed by atoms with Crippen LogP contribution in [0.15, 0.2) is 41.2 Å². The Balaban J connectivity index is 0.00000231. The molecular formula is C22H22N2O6. The summed E-state index contributed by atoms with van der Waals surface area (Å²) in [4.78, 5) is 30.5. The number of hydrogen-bond acceptors (Lipinski definition) is 7. The molecule has 0 aliphatic carbocycles. The number of aliphatic hydroxyl groups is 2. The summed E-state index contributed by atoms with van der Waals surface area (Å²) < 4.78 is 12.4. The van der Waals surface area contributed by atoms with Crippen molar-refractivity contribution < 1.29 is 25.9 Å². The number of carbonyl (C=O) groups is 1. The average Bonchev–Trinajstić information content (AvgIpc) is 3.06. The zero-order valence-electron chi connectivity index (χ0n) is 16.3. The third kappa shape index (κ3) is 2.48. The lowest BCUT2D eigenvalue weighted by atomic mass is 9.86. The molecule has 4 heterocycles. The second kappa shape index (κ2) is 6.73. The van der Waals surface area contributed by atoms with E-state index in [1.54, 1.807) is 13.0 Å². The van der Waals surface area contributed by atoms with Crippen LogP contribution < -0.4 is 5.56 Å². The van der Waals surface area contributed by atoms with Gasteiger partial charge >= 0.3 is 5.97 Å². The molecule has 0 amide bonds. The standard InChI is InChI=1S/C22H20N2O6.H2/c1-2-22(28)15-10-17-18-13(9-12-5-3-4-6-16(12)23-18)20(29-8-7-25)24(17)19(26)14(15)11-30-21(22)27;/h3-6,9-10,20,25,28H,2,7-8,11H2,1H3;1H/t20?,22-;/m0./s1. The highest BCUT2D eigenvalue weighted by Gasteiger charge is 2.46. The van der Waals surface area contributed by atoms with Crippen molar-refractivity contribution in [3.8, 4) is 11.4 Å². The number of aromatic nitrogens is 2. The lowest BCUT2D eigenvalue weighted by molar-refractivity contribution is -0.172. The minimum atomic E-state index is -1.89. The summed E-state index contributed by atoms with van der Waals surface area (Å²) in [7, 11) is 0. The van der Waals surface area contributed by atoms with E-state index >= 15 is 0 Å². The summed E-state index contributed by atoms with van der Waals surface area (Å²) in [5.74, 6) is -0.764. The molecule has 0 spiro atoms. The Morgan fingerprint density at radius 3 is 2.90 bits per heavy atom. The molecule has 2 aromatic heterocycles. The Morgan fingerprint density at radius 2 is 2.13 bits per heavy atom. The SMILES string of the molecule is CC[C@@]1(O)C(=O)OCc2c1cc1n(c2=O)C(OCCO)c2cc3ccccc3nc2-1.[HH]. The van der Waals surface area contributed by atoms with Crippen LogP contribution in [0.3, 0.4) is 0 Å². The maximum atomic E-state index is 13.4. The highest BCUT2D eigenvalue weighted by molar-refractivity contribution is 5.86. The monoisotopic (exact) mass is 410 g/mol. The Hall–Kier alpha value is -3.07. The predicted molar refractivity (Wildman–Crippen MR) is 109 cm³/mol. The Bertz CT molecular complexity index is 1260. The van der Waals surface area contributed by atoms with Gasteiger partial charge in [-0.15, -0.1) is 0 Å². The predicted octanol–water partition coefficient (Wildman–Crippen LogP) is 1.83. The van der Waals surface area contributed by atoms with Crippen LogP contribution in [-0.2, 0) is 26.5 Å². The van der Waals surface area contributed by atoms with Gasteiger partial charge < -0.3 is 19.7 Å². The Kier molecular flexibility index (Phi) is 4.25. The third-order valence-corrected chi connectivity index (χ3v) is 5.85. The van der Waals surface area contributed by atoms with Crippen LogP contribution in [0.2, 0.25) is 0 Å². The number of carbonyl (C=O) groups excluding carboxylic acids is 1. The topological polar surface area (TPSA) is 111 Å². The van der Waals surface area contributed by atoms with Gasteiger partial charge in [-0.25, -0.2) is 9.78 Å². The molecule has 2 atom stereocenters. The smallest absolute Gasteiger partial charge is 0.343 e. The number of rotatable bonds is 4. The molecule has 0 saturated carbocycles. The van der Waals surface area contributed by atoms with Crippen LogP contribution in [0.25, 0.3) is 22.3 Å². The lowest BCUT2D eigenvalue weighted by Gasteiger charge is -2.32. The second-order valence-electron chi connectivity index (χ2n) is 7.45. The van der Waals surface area contributed by atoms with Gasteiger partial charge in [-0.3, -0.25) is 9.36 Å². The van der Waals surface area contributed by atoms with Gasteiger partial charge in [0.2, 0.25) is 0 Å². The van der Waals surface area contributed by atoms with E-state index < -0.39 is 23.4 Å². The van der Waals surface area contributed by atoms with E-state index in [9.17, 15) is 19.8 Å². The minimum Gasteiger partial charge on any atom is -0.458 e. The van der Waals surface area contributed by atoms with Crippen LogP contribution in [0.5, 0.6) is 0 Å². The number of esters is 1. The largest absolute Gasteiger partial charge is 0.458 e. The van der Waals surface area contributed by atoms with Crippen molar-refractivity contribution in [2.45, 2.75) is 31.8 Å². The minimum absolute atomic E-state index is 0. The van der Waals surface area contributed by atoms with Gasteiger partial charge in [0, 0.05) is 17.9 Å². The molecular weight excluding hydrogens is 388 g/mol. The van der Waals surface area contributed by atoms with Crippen molar-refractivity contribution >= 4 is 16.9 Å². The molecule has 0 bridgehead atoms. The number of para-hydroxylation sites is 1. The summed E-state index contributed by atoms with van der Waals surface area (Å²) in [6, 6.07) is 11.1. The summed E-state index contributed by atoms with van der Waals surface area (Å²) in [5, 5.41) is 21.1. The van der Waals surface area contributed by atoms with Crippen molar-refractivity contribution in [1.82, 2.24) is 9.55 Å². The molecule has 1 aromatic carbocycles. The average molecular weight is 410 g/mol. The number of ether oxygens (including phenoxy) is 2. The first-order valence-electron chi connectivity index (χ1n) is 9.80. The molecule has 156 valence electrons. The molecule has 2 N–H and O–H groups in total. The van der Waals surface area contributed by atoms with Gasteiger partial charge in [-0.05, 0) is 24.6 Å². The van der Waals surface area contributed by atoms with Crippen molar-refractivity contribution in [2.24, 2.45) is 0 Å². The number of aliphatic hydroxyl groups excluding tert-OH is 1. The normalized spacial score (nSPS) is 21.8. The molecule has 0 radical (unpaired) electrons. The van der Waals surface area contributed by atoms with Gasteiger partial charge in [0.05, 0.1) is 35.7 Å². The first-order chi connectivity index (χ1) is 14.5. The lowest BCUT2D eigenvalue weighted by Crippen LogP contribution is -2.44. The molecule has 2 aliphatic rings. The molecule has 30 heavy (non-hydrogen) atoms. The summed E-state index contributed by atoms with van der Waals surface area (Å²) in [6.07, 6.45) is -0.700. The first kappa shape index (κ1) is 18.9. The molecule has 2 aliphatic heterocycles. The first-order valence-corrected chi connectivity index (χ1v) is 9.80. The van der Waals surface area contributed by atoms with Crippen molar-refractivity contribution in [3.05, 3.63) is 63.4 Å². The molecule has 5 rings (SSSR count).